The number of amides is 1. The quantitative estimate of drug-likeness (QED) is 0.931. The van der Waals surface area contributed by atoms with Crippen LogP contribution < -0.4 is 14.8 Å². The summed E-state index contributed by atoms with van der Waals surface area (Å²) in [6.45, 7) is 0. The standard InChI is InChI=1S/C14H12Cl2N2O3/c1-20-12-5-9(15)11(6-13(12)21-2)18-14(19)8-3-4-17-7-10(8)16/h3-7H,1-2H3,(H,18,19). The lowest BCUT2D eigenvalue weighted by Crippen LogP contribution is -2.13. The number of benzene rings is 1. The molecule has 0 aliphatic carbocycles. The molecule has 0 aliphatic heterocycles. The van der Waals surface area contributed by atoms with Gasteiger partial charge in [-0.2, -0.15) is 0 Å². The Balaban J connectivity index is 2.31. The highest BCUT2D eigenvalue weighted by Gasteiger charge is 2.15. The number of nitrogens with zero attached hydrogens (tertiary/aromatic N) is 1. The van der Waals surface area contributed by atoms with Crippen molar-refractivity contribution >= 4 is 34.8 Å². The first-order valence-electron chi connectivity index (χ1n) is 5.89. The van der Waals surface area contributed by atoms with Crippen LogP contribution in [0.3, 0.4) is 0 Å². The zero-order chi connectivity index (χ0) is 15.4. The molecule has 1 aromatic carbocycles. The number of nitrogens with one attached hydrogen (secondary N) is 1. The molecule has 2 rings (SSSR count). The largest absolute Gasteiger partial charge is 0.493 e. The van der Waals surface area contributed by atoms with Crippen LogP contribution in [0.2, 0.25) is 10.0 Å². The van der Waals surface area contributed by atoms with Crippen molar-refractivity contribution in [1.82, 2.24) is 4.98 Å². The number of ether oxygens (including phenoxy) is 2. The molecule has 21 heavy (non-hydrogen) atoms. The zero-order valence-electron chi connectivity index (χ0n) is 11.3. The van der Waals surface area contributed by atoms with E-state index in [2.05, 4.69) is 10.3 Å². The molecule has 0 saturated heterocycles. The van der Waals surface area contributed by atoms with Gasteiger partial charge in [-0.15, -0.1) is 0 Å². The first-order valence-corrected chi connectivity index (χ1v) is 6.64. The first kappa shape index (κ1) is 15.4. The van der Waals surface area contributed by atoms with Gasteiger partial charge >= 0.3 is 0 Å². The maximum Gasteiger partial charge on any atom is 0.257 e. The SMILES string of the molecule is COc1cc(Cl)c(NC(=O)c2ccncc2Cl)cc1OC. The van der Waals surface area contributed by atoms with E-state index in [4.69, 9.17) is 32.7 Å². The minimum absolute atomic E-state index is 0.256. The molecule has 0 unspecified atom stereocenters. The number of pyridine rings is 1. The maximum atomic E-state index is 12.2. The summed E-state index contributed by atoms with van der Waals surface area (Å²) in [5.74, 6) is 0.539. The Bertz CT molecular complexity index is 677. The van der Waals surface area contributed by atoms with E-state index in [0.717, 1.165) is 0 Å². The van der Waals surface area contributed by atoms with Crippen LogP contribution in [-0.4, -0.2) is 25.1 Å². The summed E-state index contributed by atoms with van der Waals surface area (Å²) in [5.41, 5.74) is 0.699. The number of hydrogen-bond acceptors (Lipinski definition) is 4. The van der Waals surface area contributed by atoms with Crippen molar-refractivity contribution in [2.75, 3.05) is 19.5 Å². The first-order chi connectivity index (χ1) is 10.1. The Kier molecular flexibility index (Phi) is 4.88. The summed E-state index contributed by atoms with van der Waals surface area (Å²) in [6, 6.07) is 4.66. The van der Waals surface area contributed by atoms with E-state index in [0.29, 0.717) is 27.8 Å². The van der Waals surface area contributed by atoms with E-state index >= 15 is 0 Å². The number of halogens is 2. The fourth-order valence-corrected chi connectivity index (χ4v) is 2.11. The Morgan fingerprint density at radius 3 is 2.43 bits per heavy atom. The molecule has 0 saturated carbocycles. The molecule has 1 aromatic heterocycles. The zero-order valence-corrected chi connectivity index (χ0v) is 12.8. The smallest absolute Gasteiger partial charge is 0.257 e. The second-order valence-corrected chi connectivity index (χ2v) is 4.81. The lowest BCUT2D eigenvalue weighted by atomic mass is 10.2. The lowest BCUT2D eigenvalue weighted by molar-refractivity contribution is 0.102. The van der Waals surface area contributed by atoms with Crippen LogP contribution in [0.5, 0.6) is 11.5 Å². The van der Waals surface area contributed by atoms with Crippen LogP contribution in [0.15, 0.2) is 30.6 Å². The summed E-state index contributed by atoms with van der Waals surface area (Å²) in [7, 11) is 3.00. The van der Waals surface area contributed by atoms with Crippen LogP contribution in [0, 0.1) is 0 Å². The molecule has 1 heterocycles. The molecule has 1 N–H and O–H groups in total. The molecule has 1 amide bonds. The molecule has 0 bridgehead atoms. The fourth-order valence-electron chi connectivity index (χ4n) is 1.70. The maximum absolute atomic E-state index is 12.2. The van der Waals surface area contributed by atoms with E-state index in [1.54, 1.807) is 12.1 Å². The molecule has 0 aliphatic rings. The van der Waals surface area contributed by atoms with E-state index in [9.17, 15) is 4.79 Å². The third-order valence-corrected chi connectivity index (χ3v) is 3.35. The summed E-state index contributed by atoms with van der Waals surface area (Å²) >= 11 is 12.0. The number of carbonyl (C=O) groups is 1. The lowest BCUT2D eigenvalue weighted by Gasteiger charge is -2.13. The average molecular weight is 327 g/mol. The van der Waals surface area contributed by atoms with Gasteiger partial charge in [-0.05, 0) is 6.07 Å². The van der Waals surface area contributed by atoms with Crippen LogP contribution in [0.4, 0.5) is 5.69 Å². The predicted octanol–water partition coefficient (Wildman–Crippen LogP) is 3.66. The molecule has 2 aromatic rings. The van der Waals surface area contributed by atoms with Gasteiger partial charge in [0.2, 0.25) is 0 Å². The van der Waals surface area contributed by atoms with Crippen LogP contribution in [-0.2, 0) is 0 Å². The van der Waals surface area contributed by atoms with Crippen molar-refractivity contribution in [1.29, 1.82) is 0 Å². The summed E-state index contributed by atoms with van der Waals surface area (Å²) in [6.07, 6.45) is 2.88. The van der Waals surface area contributed by atoms with E-state index in [1.807, 2.05) is 0 Å². The number of rotatable bonds is 4. The number of carbonyl (C=O) groups excluding carboxylic acids is 1. The topological polar surface area (TPSA) is 60.5 Å². The number of methoxy groups -OCH3 is 2. The Labute approximate surface area is 131 Å². The van der Waals surface area contributed by atoms with Gasteiger partial charge < -0.3 is 14.8 Å². The molecular weight excluding hydrogens is 315 g/mol. The van der Waals surface area contributed by atoms with E-state index < -0.39 is 5.91 Å². The average Bonchev–Trinajstić information content (AvgIpc) is 2.49. The molecule has 5 nitrogen and oxygen atoms in total. The van der Waals surface area contributed by atoms with Gasteiger partial charge in [0, 0.05) is 24.5 Å². The van der Waals surface area contributed by atoms with Gasteiger partial charge in [0.15, 0.2) is 11.5 Å². The molecule has 0 radical (unpaired) electrons. The van der Waals surface area contributed by atoms with Gasteiger partial charge in [-0.1, -0.05) is 23.2 Å². The van der Waals surface area contributed by atoms with Gasteiger partial charge in [-0.25, -0.2) is 0 Å². The van der Waals surface area contributed by atoms with Crippen molar-refractivity contribution in [2.24, 2.45) is 0 Å². The normalized spacial score (nSPS) is 10.1. The van der Waals surface area contributed by atoms with Crippen LogP contribution in [0.1, 0.15) is 10.4 Å². The summed E-state index contributed by atoms with van der Waals surface area (Å²) in [5, 5.41) is 3.26. The highest BCUT2D eigenvalue weighted by atomic mass is 35.5. The number of aromatic nitrogens is 1. The predicted molar refractivity (Wildman–Crippen MR) is 81.8 cm³/mol. The molecule has 0 spiro atoms. The molecule has 0 fully saturated rings. The minimum Gasteiger partial charge on any atom is -0.493 e. The summed E-state index contributed by atoms with van der Waals surface area (Å²) in [4.78, 5) is 16.0. The molecule has 7 heteroatoms. The van der Waals surface area contributed by atoms with Crippen LogP contribution >= 0.6 is 23.2 Å². The van der Waals surface area contributed by atoms with Crippen molar-refractivity contribution in [3.8, 4) is 11.5 Å². The van der Waals surface area contributed by atoms with Gasteiger partial charge in [0.05, 0.1) is 35.5 Å². The van der Waals surface area contributed by atoms with E-state index in [-0.39, 0.29) is 5.02 Å². The minimum atomic E-state index is -0.392. The van der Waals surface area contributed by atoms with Gasteiger partial charge in [-0.3, -0.25) is 9.78 Å². The fraction of sp³-hybridized carbons (Fsp3) is 0.143. The third-order valence-electron chi connectivity index (χ3n) is 2.74. The second-order valence-electron chi connectivity index (χ2n) is 4.00. The van der Waals surface area contributed by atoms with Gasteiger partial charge in [0.1, 0.15) is 0 Å². The van der Waals surface area contributed by atoms with Crippen LogP contribution in [0.25, 0.3) is 0 Å². The highest BCUT2D eigenvalue weighted by Crippen LogP contribution is 2.36. The van der Waals surface area contributed by atoms with Crippen molar-refractivity contribution < 1.29 is 14.3 Å². The number of anilines is 1. The van der Waals surface area contributed by atoms with Crippen molar-refractivity contribution in [2.45, 2.75) is 0 Å². The highest BCUT2D eigenvalue weighted by molar-refractivity contribution is 6.36. The number of hydrogen-bond donors (Lipinski definition) is 1. The second kappa shape index (κ2) is 6.65. The Hall–Kier alpha value is -1.98. The van der Waals surface area contributed by atoms with Crippen molar-refractivity contribution in [3.63, 3.8) is 0 Å². The molecular formula is C14H12Cl2N2O3. The Morgan fingerprint density at radius 2 is 1.81 bits per heavy atom. The molecule has 0 atom stereocenters. The molecule has 110 valence electrons. The van der Waals surface area contributed by atoms with Crippen molar-refractivity contribution in [3.05, 3.63) is 46.2 Å². The monoisotopic (exact) mass is 326 g/mol. The van der Waals surface area contributed by atoms with Gasteiger partial charge in [0.25, 0.3) is 5.91 Å². The van der Waals surface area contributed by atoms with E-state index in [1.165, 1.54) is 32.7 Å². The summed E-state index contributed by atoms with van der Waals surface area (Å²) < 4.78 is 10.3. The Morgan fingerprint density at radius 1 is 1.14 bits per heavy atom. The third kappa shape index (κ3) is 3.37.